The summed E-state index contributed by atoms with van der Waals surface area (Å²) in [6.45, 7) is 0.326. The zero-order valence-corrected chi connectivity index (χ0v) is 7.81. The van der Waals surface area contributed by atoms with Gasteiger partial charge in [-0.2, -0.15) is 0 Å². The third-order valence-corrected chi connectivity index (χ3v) is 1.23. The first-order chi connectivity index (χ1) is 4.95. The number of rotatable bonds is 2. The van der Waals surface area contributed by atoms with Crippen LogP contribution in [0.25, 0.3) is 0 Å². The molecule has 64 valence electrons. The number of hydrogen-bond donors (Lipinski definition) is 1. The zero-order valence-electron chi connectivity index (χ0n) is 7.00. The van der Waals surface area contributed by atoms with Crippen LogP contribution < -0.4 is 5.73 Å². The summed E-state index contributed by atoms with van der Waals surface area (Å²) in [4.78, 5) is 14.4. The molecule has 0 heterocycles. The standard InChI is InChI=1S/C6H13N3OS/c1-8(2)6(10)9(3)4-5(7)11/h4H2,1-3H3,(H2,7,11). The Labute approximate surface area is 71.9 Å². The number of carbonyl (C=O) groups is 1. The molecule has 0 unspecified atom stereocenters. The molecule has 0 rings (SSSR count). The highest BCUT2D eigenvalue weighted by Gasteiger charge is 2.09. The molecule has 2 amide bonds. The lowest BCUT2D eigenvalue weighted by Crippen LogP contribution is -2.40. The molecule has 0 bridgehead atoms. The maximum absolute atomic E-state index is 11.1. The fourth-order valence-electron chi connectivity index (χ4n) is 0.643. The third-order valence-electron chi connectivity index (χ3n) is 1.10. The predicted molar refractivity (Wildman–Crippen MR) is 48.5 cm³/mol. The Kier molecular flexibility index (Phi) is 3.81. The van der Waals surface area contributed by atoms with Crippen molar-refractivity contribution in [1.82, 2.24) is 9.80 Å². The largest absolute Gasteiger partial charge is 0.392 e. The number of nitrogens with two attached hydrogens (primary N) is 1. The Hall–Kier alpha value is -0.840. The number of likely N-dealkylation sites (N-methyl/N-ethyl adjacent to an activating group) is 1. The molecular formula is C6H13N3OS. The van der Waals surface area contributed by atoms with Crippen molar-refractivity contribution >= 4 is 23.2 Å². The SMILES string of the molecule is CN(C)C(=O)N(C)CC(N)=S. The monoisotopic (exact) mass is 175 g/mol. The van der Waals surface area contributed by atoms with Gasteiger partial charge < -0.3 is 15.5 Å². The van der Waals surface area contributed by atoms with Gasteiger partial charge in [0, 0.05) is 21.1 Å². The molecule has 2 N–H and O–H groups in total. The van der Waals surface area contributed by atoms with Gasteiger partial charge >= 0.3 is 6.03 Å². The van der Waals surface area contributed by atoms with Gasteiger partial charge in [0.25, 0.3) is 0 Å². The summed E-state index contributed by atoms with van der Waals surface area (Å²) in [5.74, 6) is 0. The number of carbonyl (C=O) groups excluding carboxylic acids is 1. The number of thiocarbonyl (C=S) groups is 1. The third kappa shape index (κ3) is 3.77. The van der Waals surface area contributed by atoms with Gasteiger partial charge in [-0.05, 0) is 0 Å². The van der Waals surface area contributed by atoms with E-state index in [1.807, 2.05) is 0 Å². The molecule has 0 aliphatic rings. The van der Waals surface area contributed by atoms with Crippen LogP contribution in [-0.4, -0.2) is 48.5 Å². The van der Waals surface area contributed by atoms with Crippen molar-refractivity contribution in [3.8, 4) is 0 Å². The second-order valence-corrected chi connectivity index (χ2v) is 3.02. The summed E-state index contributed by atoms with van der Waals surface area (Å²) in [5, 5.41) is 0. The molecule has 4 nitrogen and oxygen atoms in total. The van der Waals surface area contributed by atoms with Crippen LogP contribution in [-0.2, 0) is 0 Å². The van der Waals surface area contributed by atoms with E-state index in [0.29, 0.717) is 11.5 Å². The molecular weight excluding hydrogens is 162 g/mol. The average molecular weight is 175 g/mol. The molecule has 0 aromatic carbocycles. The van der Waals surface area contributed by atoms with E-state index in [9.17, 15) is 4.79 Å². The van der Waals surface area contributed by atoms with Crippen molar-refractivity contribution in [2.75, 3.05) is 27.7 Å². The van der Waals surface area contributed by atoms with E-state index < -0.39 is 0 Å². The molecule has 5 heteroatoms. The number of amides is 2. The van der Waals surface area contributed by atoms with E-state index in [4.69, 9.17) is 5.73 Å². The van der Waals surface area contributed by atoms with Crippen LogP contribution >= 0.6 is 12.2 Å². The van der Waals surface area contributed by atoms with Crippen LogP contribution in [0.3, 0.4) is 0 Å². The van der Waals surface area contributed by atoms with Crippen LogP contribution in [0.15, 0.2) is 0 Å². The van der Waals surface area contributed by atoms with Crippen molar-refractivity contribution in [2.45, 2.75) is 0 Å². The maximum Gasteiger partial charge on any atom is 0.319 e. The van der Waals surface area contributed by atoms with E-state index >= 15 is 0 Å². The Morgan fingerprint density at radius 3 is 2.18 bits per heavy atom. The summed E-state index contributed by atoms with van der Waals surface area (Å²) < 4.78 is 0. The van der Waals surface area contributed by atoms with E-state index in [0.717, 1.165) is 0 Å². The number of nitrogens with zero attached hydrogens (tertiary/aromatic N) is 2. The Balaban J connectivity index is 3.93. The summed E-state index contributed by atoms with van der Waals surface area (Å²) in [6, 6.07) is -0.0993. The lowest BCUT2D eigenvalue weighted by atomic mass is 10.5. The molecule has 0 saturated carbocycles. The van der Waals surface area contributed by atoms with E-state index in [2.05, 4.69) is 12.2 Å². The van der Waals surface area contributed by atoms with Crippen molar-refractivity contribution in [1.29, 1.82) is 0 Å². The summed E-state index contributed by atoms with van der Waals surface area (Å²) >= 11 is 4.64. The lowest BCUT2D eigenvalue weighted by Gasteiger charge is -2.20. The average Bonchev–Trinajstić information content (AvgIpc) is 1.84. The molecule has 0 aliphatic carbocycles. The van der Waals surface area contributed by atoms with Crippen molar-refractivity contribution < 1.29 is 4.79 Å². The number of hydrogen-bond acceptors (Lipinski definition) is 2. The number of urea groups is 1. The summed E-state index contributed by atoms with van der Waals surface area (Å²) in [7, 11) is 5.01. The quantitative estimate of drug-likeness (QED) is 0.596. The van der Waals surface area contributed by atoms with Crippen LogP contribution in [0.5, 0.6) is 0 Å². The topological polar surface area (TPSA) is 49.6 Å². The van der Waals surface area contributed by atoms with Gasteiger partial charge in [0.2, 0.25) is 0 Å². The molecule has 0 saturated heterocycles. The van der Waals surface area contributed by atoms with E-state index in [1.165, 1.54) is 9.80 Å². The fourth-order valence-corrected chi connectivity index (χ4v) is 0.836. The Morgan fingerprint density at radius 2 is 1.91 bits per heavy atom. The first-order valence-electron chi connectivity index (χ1n) is 3.16. The maximum atomic E-state index is 11.1. The summed E-state index contributed by atoms with van der Waals surface area (Å²) in [6.07, 6.45) is 0. The van der Waals surface area contributed by atoms with Crippen LogP contribution in [0.2, 0.25) is 0 Å². The van der Waals surface area contributed by atoms with E-state index in [-0.39, 0.29) is 6.03 Å². The minimum atomic E-state index is -0.0993. The van der Waals surface area contributed by atoms with Gasteiger partial charge in [-0.1, -0.05) is 12.2 Å². The van der Waals surface area contributed by atoms with Gasteiger partial charge in [0.15, 0.2) is 0 Å². The van der Waals surface area contributed by atoms with Crippen LogP contribution in [0.1, 0.15) is 0 Å². The minimum Gasteiger partial charge on any atom is -0.392 e. The predicted octanol–water partition coefficient (Wildman–Crippen LogP) is -0.114. The molecule has 11 heavy (non-hydrogen) atoms. The summed E-state index contributed by atoms with van der Waals surface area (Å²) in [5.41, 5.74) is 5.25. The highest BCUT2D eigenvalue weighted by Crippen LogP contribution is 1.89. The smallest absolute Gasteiger partial charge is 0.319 e. The van der Waals surface area contributed by atoms with Crippen molar-refractivity contribution in [3.05, 3.63) is 0 Å². The highest BCUT2D eigenvalue weighted by molar-refractivity contribution is 7.80. The molecule has 0 fully saturated rings. The zero-order chi connectivity index (χ0) is 9.02. The van der Waals surface area contributed by atoms with E-state index in [1.54, 1.807) is 21.1 Å². The first kappa shape index (κ1) is 10.2. The molecule has 0 aromatic rings. The molecule has 0 atom stereocenters. The van der Waals surface area contributed by atoms with Crippen LogP contribution in [0.4, 0.5) is 4.79 Å². The minimum absolute atomic E-state index is 0.0993. The Morgan fingerprint density at radius 1 is 1.45 bits per heavy atom. The Bertz CT molecular complexity index is 169. The fraction of sp³-hybridized carbons (Fsp3) is 0.667. The molecule has 0 aliphatic heterocycles. The van der Waals surface area contributed by atoms with Gasteiger partial charge in [-0.25, -0.2) is 4.79 Å². The lowest BCUT2D eigenvalue weighted by molar-refractivity contribution is 0.187. The van der Waals surface area contributed by atoms with Gasteiger partial charge in [-0.3, -0.25) is 0 Å². The highest BCUT2D eigenvalue weighted by atomic mass is 32.1. The van der Waals surface area contributed by atoms with Crippen molar-refractivity contribution in [3.63, 3.8) is 0 Å². The molecule has 0 spiro atoms. The van der Waals surface area contributed by atoms with Crippen molar-refractivity contribution in [2.24, 2.45) is 5.73 Å². The molecule has 0 aromatic heterocycles. The second kappa shape index (κ2) is 4.12. The molecule has 0 radical (unpaired) electrons. The normalized spacial score (nSPS) is 9.00. The van der Waals surface area contributed by atoms with Gasteiger partial charge in [0.05, 0.1) is 11.5 Å². The van der Waals surface area contributed by atoms with Gasteiger partial charge in [0.1, 0.15) is 0 Å². The second-order valence-electron chi connectivity index (χ2n) is 2.50. The van der Waals surface area contributed by atoms with Crippen LogP contribution in [0, 0.1) is 0 Å². The van der Waals surface area contributed by atoms with Gasteiger partial charge in [-0.15, -0.1) is 0 Å². The first-order valence-corrected chi connectivity index (χ1v) is 3.56.